The van der Waals surface area contributed by atoms with Crippen molar-refractivity contribution in [2.24, 2.45) is 0 Å². The number of carboxylic acid groups (broad SMARTS) is 1. The van der Waals surface area contributed by atoms with E-state index in [1.165, 1.54) is 11.8 Å². The summed E-state index contributed by atoms with van der Waals surface area (Å²) in [5.74, 6) is 0.0206. The van der Waals surface area contributed by atoms with Gasteiger partial charge in [-0.2, -0.15) is 0 Å². The summed E-state index contributed by atoms with van der Waals surface area (Å²) >= 11 is 1.18. The fourth-order valence-electron chi connectivity index (χ4n) is 1.96. The molecule has 1 heterocycles. The Hall–Kier alpha value is -0.950. The molecule has 0 atom stereocenters. The number of nitrogens with zero attached hydrogens (tertiary/aromatic N) is 1. The number of carbonyl (C=O) groups excluding carboxylic acids is 1. The van der Waals surface area contributed by atoms with Crippen LogP contribution in [0.2, 0.25) is 0 Å². The molecule has 7 heteroatoms. The van der Waals surface area contributed by atoms with Crippen molar-refractivity contribution in [3.63, 3.8) is 0 Å². The summed E-state index contributed by atoms with van der Waals surface area (Å²) in [5.41, 5.74) is 1.44. The molecule has 0 fully saturated rings. The summed E-state index contributed by atoms with van der Waals surface area (Å²) in [6, 6.07) is 5.39. The summed E-state index contributed by atoms with van der Waals surface area (Å²) in [5, 5.41) is 11.4. The number of aromatic nitrogens is 1. The van der Waals surface area contributed by atoms with Gasteiger partial charge in [0.1, 0.15) is 17.0 Å². The third kappa shape index (κ3) is 4.03. The third-order valence-electron chi connectivity index (χ3n) is 2.76. The maximum atomic E-state index is 10.7. The zero-order valence-electron chi connectivity index (χ0n) is 12.4. The van der Waals surface area contributed by atoms with E-state index in [2.05, 4.69) is 4.98 Å². The molecular weight excluding hydrogens is 301 g/mol. The monoisotopic (exact) mass is 315 g/mol. The zero-order valence-corrected chi connectivity index (χ0v) is 15.2. The maximum absolute atomic E-state index is 10.7. The van der Waals surface area contributed by atoms with Crippen LogP contribution in [0.15, 0.2) is 23.1 Å². The minimum absolute atomic E-state index is 0. The number of aliphatic carboxylic acids is 1. The molecule has 0 saturated carbocycles. The number of pyridine rings is 1. The van der Waals surface area contributed by atoms with Crippen LogP contribution in [-0.4, -0.2) is 30.9 Å². The molecule has 0 unspecified atom stereocenters. The van der Waals surface area contributed by atoms with Gasteiger partial charge in [0.05, 0.1) is 25.6 Å². The molecule has 0 saturated heterocycles. The molecule has 0 aliphatic carbocycles. The van der Waals surface area contributed by atoms with Crippen molar-refractivity contribution >= 4 is 28.6 Å². The first-order valence-corrected chi connectivity index (χ1v) is 6.90. The van der Waals surface area contributed by atoms with E-state index in [0.717, 1.165) is 16.0 Å². The summed E-state index contributed by atoms with van der Waals surface area (Å²) < 4.78 is 10.6. The number of methoxy groups -OCH3 is 2. The van der Waals surface area contributed by atoms with Crippen LogP contribution < -0.4 is 44.1 Å². The number of benzene rings is 1. The number of rotatable bonds is 5. The van der Waals surface area contributed by atoms with Crippen molar-refractivity contribution in [1.82, 2.24) is 4.98 Å². The Morgan fingerprint density at radius 2 is 1.90 bits per heavy atom. The minimum Gasteiger partial charge on any atom is -0.549 e. The average Bonchev–Trinajstić information content (AvgIpc) is 2.43. The molecule has 0 amide bonds. The molecule has 0 radical (unpaired) electrons. The van der Waals surface area contributed by atoms with Gasteiger partial charge in [-0.3, -0.25) is 0 Å². The van der Waals surface area contributed by atoms with Crippen molar-refractivity contribution in [2.45, 2.75) is 11.8 Å². The first-order valence-electron chi connectivity index (χ1n) is 5.91. The summed E-state index contributed by atoms with van der Waals surface area (Å²) in [4.78, 5) is 15.9. The van der Waals surface area contributed by atoms with Crippen molar-refractivity contribution in [3.05, 3.63) is 23.9 Å². The molecular formula is C14H14NNaO4S. The summed E-state index contributed by atoms with van der Waals surface area (Å²) in [7, 11) is 3.13. The molecule has 0 aliphatic heterocycles. The van der Waals surface area contributed by atoms with E-state index in [0.29, 0.717) is 17.0 Å². The van der Waals surface area contributed by atoms with E-state index >= 15 is 0 Å². The van der Waals surface area contributed by atoms with Gasteiger partial charge in [0, 0.05) is 16.3 Å². The van der Waals surface area contributed by atoms with Crippen LogP contribution in [0.4, 0.5) is 0 Å². The third-order valence-corrected chi connectivity index (χ3v) is 3.78. The van der Waals surface area contributed by atoms with Gasteiger partial charge in [-0.25, -0.2) is 4.98 Å². The largest absolute Gasteiger partial charge is 1.00 e. The Bertz CT molecular complexity index is 663. The molecule has 2 rings (SSSR count). The van der Waals surface area contributed by atoms with Gasteiger partial charge in [-0.05, 0) is 25.1 Å². The van der Waals surface area contributed by atoms with Crippen LogP contribution in [0.5, 0.6) is 11.5 Å². The number of carboxylic acids is 1. The second-order valence-electron chi connectivity index (χ2n) is 4.12. The van der Waals surface area contributed by atoms with Gasteiger partial charge < -0.3 is 19.4 Å². The molecule has 1 aromatic carbocycles. The first-order chi connectivity index (χ1) is 9.56. The Balaban J connectivity index is 0.00000220. The van der Waals surface area contributed by atoms with Gasteiger partial charge >= 0.3 is 29.6 Å². The standard InChI is InChI=1S/C14H15NO4S.Na/c1-8-6-11(20-7-12(16)17)13-9(18-2)4-5-10(19-3)14(13)15-8;/h4-6H,7H2,1-3H3,(H,16,17);/q;+1/p-1. The Morgan fingerprint density at radius 3 is 2.48 bits per heavy atom. The summed E-state index contributed by atoms with van der Waals surface area (Å²) in [6.07, 6.45) is 0. The number of thioether (sulfide) groups is 1. The van der Waals surface area contributed by atoms with Gasteiger partial charge in [0.15, 0.2) is 0 Å². The molecule has 1 aromatic heterocycles. The molecule has 0 N–H and O–H groups in total. The van der Waals surface area contributed by atoms with E-state index in [4.69, 9.17) is 9.47 Å². The fourth-order valence-corrected chi connectivity index (χ4v) is 2.83. The smallest absolute Gasteiger partial charge is 0.549 e. The van der Waals surface area contributed by atoms with Crippen LogP contribution in [0.1, 0.15) is 5.69 Å². The van der Waals surface area contributed by atoms with Gasteiger partial charge in [0.2, 0.25) is 0 Å². The maximum Gasteiger partial charge on any atom is 1.00 e. The van der Waals surface area contributed by atoms with Crippen LogP contribution in [-0.2, 0) is 4.79 Å². The second-order valence-corrected chi connectivity index (χ2v) is 5.13. The predicted octanol–water partition coefficient (Wildman–Crippen LogP) is -1.59. The van der Waals surface area contributed by atoms with Crippen LogP contribution in [0.25, 0.3) is 10.9 Å². The molecule has 2 aromatic rings. The predicted molar refractivity (Wildman–Crippen MR) is 75.3 cm³/mol. The van der Waals surface area contributed by atoms with Crippen LogP contribution in [0, 0.1) is 6.92 Å². The Morgan fingerprint density at radius 1 is 1.29 bits per heavy atom. The quantitative estimate of drug-likeness (QED) is 0.489. The van der Waals surface area contributed by atoms with Crippen molar-refractivity contribution < 1.29 is 48.9 Å². The topological polar surface area (TPSA) is 71.5 Å². The van der Waals surface area contributed by atoms with Gasteiger partial charge in [0.25, 0.3) is 0 Å². The van der Waals surface area contributed by atoms with Gasteiger partial charge in [-0.1, -0.05) is 0 Å². The van der Waals surface area contributed by atoms with E-state index in [-0.39, 0.29) is 35.3 Å². The molecule has 5 nitrogen and oxygen atoms in total. The SMILES string of the molecule is COc1ccc(OC)c2c(SCC(=O)[O-])cc(C)nc12.[Na+]. The van der Waals surface area contributed by atoms with E-state index in [1.54, 1.807) is 26.4 Å². The molecule has 21 heavy (non-hydrogen) atoms. The average molecular weight is 315 g/mol. The number of hydrogen-bond acceptors (Lipinski definition) is 6. The van der Waals surface area contributed by atoms with Crippen molar-refractivity contribution in [3.8, 4) is 11.5 Å². The molecule has 0 aliphatic rings. The molecule has 0 spiro atoms. The normalized spacial score (nSPS) is 10.0. The molecule has 0 bridgehead atoms. The van der Waals surface area contributed by atoms with E-state index in [1.807, 2.05) is 13.0 Å². The zero-order chi connectivity index (χ0) is 14.7. The second kappa shape index (κ2) is 7.89. The summed E-state index contributed by atoms with van der Waals surface area (Å²) in [6.45, 7) is 1.85. The van der Waals surface area contributed by atoms with E-state index < -0.39 is 5.97 Å². The fraction of sp³-hybridized carbons (Fsp3) is 0.286. The molecule has 106 valence electrons. The Kier molecular flexibility index (Phi) is 6.80. The van der Waals surface area contributed by atoms with Crippen molar-refractivity contribution in [1.29, 1.82) is 0 Å². The number of fused-ring (bicyclic) bond motifs is 1. The number of ether oxygens (including phenoxy) is 2. The van der Waals surface area contributed by atoms with Crippen LogP contribution in [0.3, 0.4) is 0 Å². The Labute approximate surface area is 149 Å². The number of carbonyl (C=O) groups is 1. The number of hydrogen-bond donors (Lipinski definition) is 0. The first kappa shape index (κ1) is 18.1. The van der Waals surface area contributed by atoms with E-state index in [9.17, 15) is 9.90 Å². The van der Waals surface area contributed by atoms with Crippen LogP contribution >= 0.6 is 11.8 Å². The number of aryl methyl sites for hydroxylation is 1. The van der Waals surface area contributed by atoms with Gasteiger partial charge in [-0.15, -0.1) is 11.8 Å². The minimum atomic E-state index is -1.11. The van der Waals surface area contributed by atoms with Crippen molar-refractivity contribution in [2.75, 3.05) is 20.0 Å².